The first kappa shape index (κ1) is 13.1. The SMILES string of the molecule is CC(C1CCOCC1)n1cncc1-c1cnccc1N. The van der Waals surface area contributed by atoms with Gasteiger partial charge in [-0.1, -0.05) is 0 Å². The molecule has 1 saturated heterocycles. The molecule has 0 spiro atoms. The zero-order chi connectivity index (χ0) is 13.9. The van der Waals surface area contributed by atoms with Crippen molar-refractivity contribution in [3.05, 3.63) is 31.0 Å². The predicted molar refractivity (Wildman–Crippen MR) is 78.1 cm³/mol. The van der Waals surface area contributed by atoms with E-state index in [0.29, 0.717) is 12.0 Å². The number of hydrogen-bond acceptors (Lipinski definition) is 4. The molecule has 0 aromatic carbocycles. The third-order valence-electron chi connectivity index (χ3n) is 4.18. The van der Waals surface area contributed by atoms with Gasteiger partial charge in [-0.25, -0.2) is 4.98 Å². The van der Waals surface area contributed by atoms with Crippen molar-refractivity contribution in [2.24, 2.45) is 5.92 Å². The molecule has 106 valence electrons. The van der Waals surface area contributed by atoms with Gasteiger partial charge in [-0.15, -0.1) is 0 Å². The topological polar surface area (TPSA) is 66.0 Å². The lowest BCUT2D eigenvalue weighted by molar-refractivity contribution is 0.0515. The van der Waals surface area contributed by atoms with Crippen LogP contribution in [0.2, 0.25) is 0 Å². The Morgan fingerprint density at radius 3 is 2.85 bits per heavy atom. The van der Waals surface area contributed by atoms with Crippen molar-refractivity contribution in [3.8, 4) is 11.3 Å². The molecule has 3 heterocycles. The van der Waals surface area contributed by atoms with Gasteiger partial charge in [0.15, 0.2) is 0 Å². The van der Waals surface area contributed by atoms with E-state index >= 15 is 0 Å². The molecule has 0 radical (unpaired) electrons. The predicted octanol–water partition coefficient (Wildman–Crippen LogP) is 2.51. The summed E-state index contributed by atoms with van der Waals surface area (Å²) < 4.78 is 7.66. The lowest BCUT2D eigenvalue weighted by Gasteiger charge is -2.29. The van der Waals surface area contributed by atoms with Crippen molar-refractivity contribution >= 4 is 5.69 Å². The maximum Gasteiger partial charge on any atom is 0.0953 e. The van der Waals surface area contributed by atoms with Crippen LogP contribution < -0.4 is 5.73 Å². The maximum atomic E-state index is 6.06. The highest BCUT2D eigenvalue weighted by Gasteiger charge is 2.23. The summed E-state index contributed by atoms with van der Waals surface area (Å²) in [5.41, 5.74) is 8.78. The molecule has 1 aliphatic heterocycles. The van der Waals surface area contributed by atoms with Gasteiger partial charge in [0.2, 0.25) is 0 Å². The third-order valence-corrected chi connectivity index (χ3v) is 4.18. The van der Waals surface area contributed by atoms with Crippen molar-refractivity contribution in [3.63, 3.8) is 0 Å². The molecule has 0 bridgehead atoms. The number of nitrogen functional groups attached to an aromatic ring is 1. The number of anilines is 1. The van der Waals surface area contributed by atoms with Crippen molar-refractivity contribution in [1.29, 1.82) is 0 Å². The minimum absolute atomic E-state index is 0.385. The number of hydrogen-bond donors (Lipinski definition) is 1. The van der Waals surface area contributed by atoms with Crippen LogP contribution in [0.15, 0.2) is 31.0 Å². The number of aromatic nitrogens is 3. The van der Waals surface area contributed by atoms with Crippen molar-refractivity contribution in [2.75, 3.05) is 18.9 Å². The average molecular weight is 272 g/mol. The van der Waals surface area contributed by atoms with Crippen LogP contribution in [0.25, 0.3) is 11.3 Å². The lowest BCUT2D eigenvalue weighted by Crippen LogP contribution is -2.24. The lowest BCUT2D eigenvalue weighted by atomic mass is 9.92. The van der Waals surface area contributed by atoms with Crippen molar-refractivity contribution < 1.29 is 4.74 Å². The smallest absolute Gasteiger partial charge is 0.0953 e. The maximum absolute atomic E-state index is 6.06. The van der Waals surface area contributed by atoms with E-state index in [1.165, 1.54) is 0 Å². The molecule has 0 aliphatic carbocycles. The molecule has 0 amide bonds. The molecular formula is C15H20N4O. The van der Waals surface area contributed by atoms with Crippen LogP contribution in [0.1, 0.15) is 25.8 Å². The van der Waals surface area contributed by atoms with Crippen LogP contribution in [0.4, 0.5) is 5.69 Å². The first-order valence-corrected chi connectivity index (χ1v) is 7.07. The Balaban J connectivity index is 1.92. The quantitative estimate of drug-likeness (QED) is 0.932. The largest absolute Gasteiger partial charge is 0.398 e. The standard InChI is InChI=1S/C15H20N4O/c1-11(12-3-6-20-7-4-12)19-10-18-9-15(19)13-8-17-5-2-14(13)16/h2,5,8-12H,3-4,6-7H2,1H3,(H2,16,17). The fraction of sp³-hybridized carbons (Fsp3) is 0.467. The molecule has 5 nitrogen and oxygen atoms in total. The second-order valence-corrected chi connectivity index (χ2v) is 5.34. The van der Waals surface area contributed by atoms with Gasteiger partial charge in [0, 0.05) is 42.9 Å². The normalized spacial score (nSPS) is 18.1. The molecule has 20 heavy (non-hydrogen) atoms. The van der Waals surface area contributed by atoms with Gasteiger partial charge < -0.3 is 15.0 Å². The zero-order valence-electron chi connectivity index (χ0n) is 11.7. The summed E-state index contributed by atoms with van der Waals surface area (Å²) in [5.74, 6) is 0.620. The molecule has 1 unspecified atom stereocenters. The van der Waals surface area contributed by atoms with Gasteiger partial charge in [-0.3, -0.25) is 4.98 Å². The Hall–Kier alpha value is -1.88. The van der Waals surface area contributed by atoms with Gasteiger partial charge in [-0.2, -0.15) is 0 Å². The zero-order valence-corrected chi connectivity index (χ0v) is 11.7. The average Bonchev–Trinajstić information content (AvgIpc) is 2.97. The molecule has 2 aromatic rings. The Morgan fingerprint density at radius 1 is 1.30 bits per heavy atom. The molecule has 5 heteroatoms. The van der Waals surface area contributed by atoms with Gasteiger partial charge in [0.25, 0.3) is 0 Å². The van der Waals surface area contributed by atoms with E-state index in [4.69, 9.17) is 10.5 Å². The summed E-state index contributed by atoms with van der Waals surface area (Å²) in [6.07, 6.45) is 9.47. The summed E-state index contributed by atoms with van der Waals surface area (Å²) in [7, 11) is 0. The number of imidazole rings is 1. The molecule has 1 fully saturated rings. The fourth-order valence-electron chi connectivity index (χ4n) is 2.88. The number of ether oxygens (including phenoxy) is 1. The Kier molecular flexibility index (Phi) is 3.69. The van der Waals surface area contributed by atoms with E-state index in [2.05, 4.69) is 21.5 Å². The second-order valence-electron chi connectivity index (χ2n) is 5.34. The number of nitrogens with two attached hydrogens (primary N) is 1. The van der Waals surface area contributed by atoms with Crippen molar-refractivity contribution in [2.45, 2.75) is 25.8 Å². The number of nitrogens with zero attached hydrogens (tertiary/aromatic N) is 3. The second kappa shape index (κ2) is 5.63. The van der Waals surface area contributed by atoms with Crippen LogP contribution >= 0.6 is 0 Å². The summed E-state index contributed by atoms with van der Waals surface area (Å²) in [6, 6.07) is 2.21. The molecule has 0 saturated carbocycles. The fourth-order valence-corrected chi connectivity index (χ4v) is 2.88. The Morgan fingerprint density at radius 2 is 2.10 bits per heavy atom. The minimum atomic E-state index is 0.385. The number of rotatable bonds is 3. The van der Waals surface area contributed by atoms with Crippen LogP contribution in [0.3, 0.4) is 0 Å². The van der Waals surface area contributed by atoms with E-state index in [1.54, 1.807) is 12.4 Å². The third kappa shape index (κ3) is 2.41. The van der Waals surface area contributed by atoms with E-state index in [1.807, 2.05) is 18.6 Å². The first-order valence-electron chi connectivity index (χ1n) is 7.07. The van der Waals surface area contributed by atoms with Gasteiger partial charge in [0.1, 0.15) is 0 Å². The molecule has 3 rings (SSSR count). The van der Waals surface area contributed by atoms with Crippen LogP contribution in [0, 0.1) is 5.92 Å². The summed E-state index contributed by atoms with van der Waals surface area (Å²) in [6.45, 7) is 3.95. The molecule has 2 N–H and O–H groups in total. The highest BCUT2D eigenvalue weighted by Crippen LogP contribution is 2.32. The van der Waals surface area contributed by atoms with Crippen LogP contribution in [0.5, 0.6) is 0 Å². The van der Waals surface area contributed by atoms with Crippen LogP contribution in [-0.4, -0.2) is 27.7 Å². The minimum Gasteiger partial charge on any atom is -0.398 e. The van der Waals surface area contributed by atoms with E-state index in [0.717, 1.165) is 43.0 Å². The highest BCUT2D eigenvalue weighted by molar-refractivity contribution is 5.72. The van der Waals surface area contributed by atoms with E-state index < -0.39 is 0 Å². The molecule has 1 aliphatic rings. The monoisotopic (exact) mass is 272 g/mol. The summed E-state index contributed by atoms with van der Waals surface area (Å²) in [4.78, 5) is 8.48. The Bertz CT molecular complexity index is 575. The van der Waals surface area contributed by atoms with E-state index in [9.17, 15) is 0 Å². The summed E-state index contributed by atoms with van der Waals surface area (Å²) in [5, 5.41) is 0. The number of pyridine rings is 1. The van der Waals surface area contributed by atoms with Gasteiger partial charge >= 0.3 is 0 Å². The van der Waals surface area contributed by atoms with Crippen molar-refractivity contribution in [1.82, 2.24) is 14.5 Å². The van der Waals surface area contributed by atoms with Gasteiger partial charge in [-0.05, 0) is 31.7 Å². The molecular weight excluding hydrogens is 252 g/mol. The van der Waals surface area contributed by atoms with Crippen LogP contribution in [-0.2, 0) is 4.74 Å². The van der Waals surface area contributed by atoms with Gasteiger partial charge in [0.05, 0.1) is 18.2 Å². The molecule has 1 atom stereocenters. The highest BCUT2D eigenvalue weighted by atomic mass is 16.5. The Labute approximate surface area is 118 Å². The van der Waals surface area contributed by atoms with E-state index in [-0.39, 0.29) is 0 Å². The molecule has 2 aromatic heterocycles. The summed E-state index contributed by atoms with van der Waals surface area (Å²) >= 11 is 0. The first-order chi connectivity index (χ1) is 9.77.